The van der Waals surface area contributed by atoms with Crippen molar-refractivity contribution in [3.8, 4) is 5.69 Å². The number of allylic oxidation sites excluding steroid dienone is 4. The Balaban J connectivity index is 1.25. The number of aromatic nitrogens is 1. The van der Waals surface area contributed by atoms with Crippen LogP contribution in [-0.4, -0.2) is 11.1 Å². The van der Waals surface area contributed by atoms with E-state index >= 15 is 0 Å². The monoisotopic (exact) mass is 597 g/mol. The van der Waals surface area contributed by atoms with E-state index in [4.69, 9.17) is 0 Å². The van der Waals surface area contributed by atoms with Crippen LogP contribution in [0.5, 0.6) is 0 Å². The van der Waals surface area contributed by atoms with E-state index in [1.807, 2.05) is 0 Å². The average Bonchev–Trinajstić information content (AvgIpc) is 3.69. The molecular weight excluding hydrogens is 562 g/mol. The lowest BCUT2D eigenvalue weighted by Crippen LogP contribution is -2.30. The van der Waals surface area contributed by atoms with Gasteiger partial charge in [0.25, 0.3) is 0 Å². The van der Waals surface area contributed by atoms with Crippen LogP contribution in [-0.2, 0) is 6.42 Å². The molecule has 0 saturated carbocycles. The Hall–Kier alpha value is -5.68. The number of para-hydroxylation sites is 2. The molecule has 0 amide bonds. The van der Waals surface area contributed by atoms with Gasteiger partial charge >= 0.3 is 0 Å². The number of fused-ring (bicyclic) bond motifs is 3. The molecule has 5 nitrogen and oxygen atoms in total. The molecule has 3 aliphatic heterocycles. The van der Waals surface area contributed by atoms with Crippen LogP contribution in [0.15, 0.2) is 151 Å². The highest BCUT2D eigenvalue weighted by atomic mass is 15.3. The van der Waals surface area contributed by atoms with Crippen LogP contribution in [0.4, 0.5) is 5.69 Å². The van der Waals surface area contributed by atoms with Gasteiger partial charge in [0, 0.05) is 35.2 Å². The number of hydrogen-bond acceptors (Lipinski definition) is 4. The number of dihydropyridines is 2. The number of rotatable bonds is 5. The predicted octanol–water partition coefficient (Wildman–Crippen LogP) is 8.27. The minimum absolute atomic E-state index is 0.0267. The third kappa shape index (κ3) is 4.39. The summed E-state index contributed by atoms with van der Waals surface area (Å²) < 4.78 is 2.47. The molecule has 224 valence electrons. The van der Waals surface area contributed by atoms with Crippen molar-refractivity contribution in [2.75, 3.05) is 11.4 Å². The molecule has 0 saturated heterocycles. The van der Waals surface area contributed by atoms with E-state index in [0.717, 1.165) is 25.1 Å². The average molecular weight is 598 g/mol. The lowest BCUT2D eigenvalue weighted by molar-refractivity contribution is 0.590. The van der Waals surface area contributed by atoms with Crippen molar-refractivity contribution in [3.63, 3.8) is 0 Å². The van der Waals surface area contributed by atoms with Gasteiger partial charge in [-0.25, -0.2) is 0 Å². The Kier molecular flexibility index (Phi) is 6.41. The Labute approximate surface area is 269 Å². The maximum Gasteiger partial charge on any atom is 0.130 e. The van der Waals surface area contributed by atoms with E-state index in [9.17, 15) is 0 Å². The standard InChI is InChI=1S/C41H35N5/c1-3-12-28(13-4-1)39-40-38(21-23-43-39)46(32-15-5-2-6-16-32)41(44-40)31-24-30(29-14-11-22-42-27-29)25-33(26-31)45-36-19-9-7-17-34(36)35-18-8-10-20-37(35)45/h1-7,9-17,19-21,23-27,39,41-44H,8,18,22H2. The zero-order valence-corrected chi connectivity index (χ0v) is 25.5. The van der Waals surface area contributed by atoms with Crippen LogP contribution in [0.2, 0.25) is 0 Å². The smallest absolute Gasteiger partial charge is 0.130 e. The molecule has 4 aliphatic rings. The molecule has 1 aliphatic carbocycles. The minimum Gasteiger partial charge on any atom is -0.387 e. The number of aryl methyl sites for hydroxylation is 1. The van der Waals surface area contributed by atoms with Crippen molar-refractivity contribution >= 4 is 28.2 Å². The highest BCUT2D eigenvalue weighted by Gasteiger charge is 2.38. The number of benzene rings is 4. The van der Waals surface area contributed by atoms with E-state index in [1.165, 1.54) is 61.5 Å². The highest BCUT2D eigenvalue weighted by Crippen LogP contribution is 2.43. The van der Waals surface area contributed by atoms with Crippen molar-refractivity contribution in [1.29, 1.82) is 0 Å². The molecule has 2 atom stereocenters. The fourth-order valence-corrected chi connectivity index (χ4v) is 7.48. The van der Waals surface area contributed by atoms with E-state index in [-0.39, 0.29) is 12.2 Å². The lowest BCUT2D eigenvalue weighted by Gasteiger charge is -2.30. The molecular formula is C41H35N5. The van der Waals surface area contributed by atoms with Crippen molar-refractivity contribution < 1.29 is 0 Å². The molecule has 1 aromatic heterocycles. The Morgan fingerprint density at radius 2 is 1.54 bits per heavy atom. The molecule has 9 rings (SSSR count). The summed E-state index contributed by atoms with van der Waals surface area (Å²) in [6.45, 7) is 0.847. The summed E-state index contributed by atoms with van der Waals surface area (Å²) in [6.07, 6.45) is 17.5. The summed E-state index contributed by atoms with van der Waals surface area (Å²) in [5.74, 6) is 0. The minimum atomic E-state index is -0.115. The molecule has 0 bridgehead atoms. The van der Waals surface area contributed by atoms with Crippen LogP contribution in [0.3, 0.4) is 0 Å². The van der Waals surface area contributed by atoms with Crippen LogP contribution < -0.4 is 20.9 Å². The fourth-order valence-electron chi connectivity index (χ4n) is 7.48. The normalized spacial score (nSPS) is 19.7. The van der Waals surface area contributed by atoms with Crippen molar-refractivity contribution in [1.82, 2.24) is 20.5 Å². The van der Waals surface area contributed by atoms with Gasteiger partial charge in [0.2, 0.25) is 0 Å². The van der Waals surface area contributed by atoms with Gasteiger partial charge in [0.05, 0.1) is 23.0 Å². The zero-order valence-electron chi connectivity index (χ0n) is 25.5. The molecule has 5 heteroatoms. The Bertz CT molecular complexity index is 2110. The number of anilines is 1. The number of hydrogen-bond donors (Lipinski definition) is 3. The van der Waals surface area contributed by atoms with Crippen LogP contribution in [0.25, 0.3) is 28.2 Å². The summed E-state index contributed by atoms with van der Waals surface area (Å²) in [6, 6.07) is 37.5. The summed E-state index contributed by atoms with van der Waals surface area (Å²) in [5.41, 5.74) is 13.5. The van der Waals surface area contributed by atoms with E-state index in [1.54, 1.807) is 0 Å². The third-order valence-corrected chi connectivity index (χ3v) is 9.54. The molecule has 0 fully saturated rings. The van der Waals surface area contributed by atoms with Crippen LogP contribution in [0.1, 0.15) is 46.6 Å². The fraction of sp³-hybridized carbons (Fsp3) is 0.122. The van der Waals surface area contributed by atoms with Gasteiger partial charge in [-0.3, -0.25) is 0 Å². The second-order valence-corrected chi connectivity index (χ2v) is 12.3. The summed E-state index contributed by atoms with van der Waals surface area (Å²) in [7, 11) is 0. The third-order valence-electron chi connectivity index (χ3n) is 9.54. The van der Waals surface area contributed by atoms with Crippen molar-refractivity contribution in [3.05, 3.63) is 179 Å². The van der Waals surface area contributed by atoms with Crippen molar-refractivity contribution in [2.24, 2.45) is 0 Å². The number of nitrogens with one attached hydrogen (secondary N) is 3. The predicted molar refractivity (Wildman–Crippen MR) is 189 cm³/mol. The maximum atomic E-state index is 4.02. The van der Waals surface area contributed by atoms with Gasteiger partial charge in [-0.05, 0) is 95.4 Å². The van der Waals surface area contributed by atoms with Gasteiger partial charge in [-0.15, -0.1) is 0 Å². The van der Waals surface area contributed by atoms with E-state index in [0.29, 0.717) is 0 Å². The molecule has 3 N–H and O–H groups in total. The first-order chi connectivity index (χ1) is 22.8. The number of nitrogens with zero attached hydrogens (tertiary/aromatic N) is 2. The molecule has 5 aromatic rings. The second kappa shape index (κ2) is 11.0. The summed E-state index contributed by atoms with van der Waals surface area (Å²) >= 11 is 0. The first kappa shape index (κ1) is 26.7. The molecule has 2 unspecified atom stereocenters. The second-order valence-electron chi connectivity index (χ2n) is 12.3. The van der Waals surface area contributed by atoms with Gasteiger partial charge in [-0.1, -0.05) is 85.0 Å². The van der Waals surface area contributed by atoms with Crippen molar-refractivity contribution in [2.45, 2.75) is 25.0 Å². The van der Waals surface area contributed by atoms with Gasteiger partial charge < -0.3 is 25.4 Å². The first-order valence-corrected chi connectivity index (χ1v) is 16.2. The Morgan fingerprint density at radius 1 is 0.717 bits per heavy atom. The summed E-state index contributed by atoms with van der Waals surface area (Å²) in [4.78, 5) is 2.46. The lowest BCUT2D eigenvalue weighted by atomic mass is 9.98. The maximum absolute atomic E-state index is 4.02. The van der Waals surface area contributed by atoms with Gasteiger partial charge in [0.1, 0.15) is 6.17 Å². The van der Waals surface area contributed by atoms with E-state index in [2.05, 4.69) is 171 Å². The molecule has 0 spiro atoms. The molecule has 46 heavy (non-hydrogen) atoms. The first-order valence-electron chi connectivity index (χ1n) is 16.2. The van der Waals surface area contributed by atoms with Gasteiger partial charge in [0.15, 0.2) is 0 Å². The van der Waals surface area contributed by atoms with E-state index < -0.39 is 0 Å². The largest absolute Gasteiger partial charge is 0.387 e. The summed E-state index contributed by atoms with van der Waals surface area (Å²) in [5, 5.41) is 12.4. The van der Waals surface area contributed by atoms with Crippen LogP contribution >= 0.6 is 0 Å². The van der Waals surface area contributed by atoms with Gasteiger partial charge in [-0.2, -0.15) is 0 Å². The highest BCUT2D eigenvalue weighted by molar-refractivity contribution is 5.91. The molecule has 0 radical (unpaired) electrons. The van der Waals surface area contributed by atoms with Crippen LogP contribution in [0, 0.1) is 0 Å². The topological polar surface area (TPSA) is 44.3 Å². The Morgan fingerprint density at radius 3 is 2.39 bits per heavy atom. The molecule has 4 aromatic carbocycles. The molecule has 4 heterocycles. The zero-order chi connectivity index (χ0) is 30.5. The quantitative estimate of drug-likeness (QED) is 0.191. The SMILES string of the molecule is C1=Cc2c(c3ccccc3n2-c2cc(C3=CNCC=C3)cc(C3NC4=C(C=CNC4c4ccccc4)N3c3ccccc3)c2)CC1.